The first kappa shape index (κ1) is 14.4. The summed E-state index contributed by atoms with van der Waals surface area (Å²) in [5, 5.41) is 0. The van der Waals surface area contributed by atoms with Crippen molar-refractivity contribution in [3.63, 3.8) is 0 Å². The molecule has 0 fully saturated rings. The van der Waals surface area contributed by atoms with Crippen molar-refractivity contribution in [2.75, 3.05) is 13.2 Å². The molecule has 0 aliphatic carbocycles. The fourth-order valence-electron chi connectivity index (χ4n) is 1.33. The highest BCUT2D eigenvalue weighted by atomic mass is 32.1. The first-order chi connectivity index (χ1) is 8.63. The van der Waals surface area contributed by atoms with Crippen LogP contribution in [0.5, 0.6) is 17.2 Å². The van der Waals surface area contributed by atoms with Crippen molar-refractivity contribution in [1.82, 2.24) is 0 Å². The molecule has 0 bridgehead atoms. The van der Waals surface area contributed by atoms with Gasteiger partial charge in [-0.15, -0.1) is 12.6 Å². The van der Waals surface area contributed by atoms with E-state index in [1.165, 1.54) is 0 Å². The highest BCUT2D eigenvalue weighted by molar-refractivity contribution is 7.80. The number of rotatable bonds is 6. The van der Waals surface area contributed by atoms with Gasteiger partial charge in [0, 0.05) is 6.08 Å². The van der Waals surface area contributed by atoms with Crippen molar-refractivity contribution in [2.45, 2.75) is 18.7 Å². The Kier molecular flexibility index (Phi) is 5.58. The van der Waals surface area contributed by atoms with Crippen LogP contribution in [0.3, 0.4) is 0 Å². The number of ether oxygens (including phenoxy) is 3. The molecule has 1 aromatic carbocycles. The van der Waals surface area contributed by atoms with Gasteiger partial charge in [0.15, 0.2) is 11.5 Å². The molecule has 0 atom stereocenters. The molecule has 98 valence electrons. The van der Waals surface area contributed by atoms with Crippen LogP contribution in [0.15, 0.2) is 29.7 Å². The molecule has 0 aliphatic rings. The van der Waals surface area contributed by atoms with Gasteiger partial charge in [0.25, 0.3) is 0 Å². The molecule has 0 N–H and O–H groups in total. The smallest absolute Gasteiger partial charge is 0.335 e. The summed E-state index contributed by atoms with van der Waals surface area (Å²) in [6, 6.07) is 3.29. The number of esters is 1. The Morgan fingerprint density at radius 3 is 2.44 bits per heavy atom. The van der Waals surface area contributed by atoms with Crippen molar-refractivity contribution in [2.24, 2.45) is 0 Å². The predicted octanol–water partition coefficient (Wildman–Crippen LogP) is 2.86. The maximum absolute atomic E-state index is 11.2. The van der Waals surface area contributed by atoms with E-state index in [2.05, 4.69) is 19.2 Å². The number of carbonyl (C=O) groups is 1. The number of benzene rings is 1. The second kappa shape index (κ2) is 6.96. The fraction of sp³-hybridized carbons (Fsp3) is 0.308. The molecule has 0 aromatic heterocycles. The Bertz CT molecular complexity index is 443. The minimum Gasteiger partial charge on any atom is -0.489 e. The lowest BCUT2D eigenvalue weighted by Crippen LogP contribution is -2.07. The molecule has 0 saturated heterocycles. The minimum absolute atomic E-state index is 0.294. The van der Waals surface area contributed by atoms with Crippen LogP contribution in [0, 0.1) is 0 Å². The quantitative estimate of drug-likeness (QED) is 0.373. The molecule has 1 rings (SSSR count). The summed E-state index contributed by atoms with van der Waals surface area (Å²) in [6.45, 7) is 7.92. The summed E-state index contributed by atoms with van der Waals surface area (Å²) in [6.07, 6.45) is 1.09. The van der Waals surface area contributed by atoms with Gasteiger partial charge in [0.05, 0.1) is 18.1 Å². The molecule has 18 heavy (non-hydrogen) atoms. The Morgan fingerprint density at radius 2 is 1.89 bits per heavy atom. The van der Waals surface area contributed by atoms with E-state index in [1.54, 1.807) is 12.1 Å². The summed E-state index contributed by atoms with van der Waals surface area (Å²) in [5.74, 6) is 0.590. The standard InChI is InChI=1S/C13H16O4S/c1-4-11(14)17-9-7-8-10(18)13(16-6-3)12(9)15-5-2/h4,7-8,18H,1,5-6H2,2-3H3. The molecular formula is C13H16O4S. The Hall–Kier alpha value is -1.62. The van der Waals surface area contributed by atoms with Crippen LogP contribution in [0.1, 0.15) is 13.8 Å². The lowest BCUT2D eigenvalue weighted by molar-refractivity contribution is -0.129. The SMILES string of the molecule is C=CC(=O)Oc1ccc(S)c(OCC)c1OCC. The molecule has 0 unspecified atom stereocenters. The highest BCUT2D eigenvalue weighted by Gasteiger charge is 2.17. The second-order valence-corrected chi connectivity index (χ2v) is 3.71. The average Bonchev–Trinajstić information content (AvgIpc) is 2.37. The summed E-state index contributed by atoms with van der Waals surface area (Å²) < 4.78 is 16.0. The van der Waals surface area contributed by atoms with E-state index < -0.39 is 5.97 Å². The number of thiol groups is 1. The zero-order valence-corrected chi connectivity index (χ0v) is 11.3. The minimum atomic E-state index is -0.551. The number of hydrogen-bond acceptors (Lipinski definition) is 5. The van der Waals surface area contributed by atoms with Crippen molar-refractivity contribution >= 4 is 18.6 Å². The van der Waals surface area contributed by atoms with E-state index >= 15 is 0 Å². The second-order valence-electron chi connectivity index (χ2n) is 3.23. The molecule has 0 saturated carbocycles. The van der Waals surface area contributed by atoms with Gasteiger partial charge < -0.3 is 14.2 Å². The molecule has 0 spiro atoms. The van der Waals surface area contributed by atoms with Gasteiger partial charge in [-0.1, -0.05) is 6.58 Å². The molecular weight excluding hydrogens is 252 g/mol. The van der Waals surface area contributed by atoms with Crippen molar-refractivity contribution < 1.29 is 19.0 Å². The van der Waals surface area contributed by atoms with Crippen LogP contribution in [0.4, 0.5) is 0 Å². The van der Waals surface area contributed by atoms with Gasteiger partial charge in [-0.25, -0.2) is 4.79 Å². The van der Waals surface area contributed by atoms with Crippen molar-refractivity contribution in [3.8, 4) is 17.2 Å². The van der Waals surface area contributed by atoms with E-state index in [0.29, 0.717) is 35.4 Å². The zero-order valence-electron chi connectivity index (χ0n) is 10.4. The largest absolute Gasteiger partial charge is 0.489 e. The summed E-state index contributed by atoms with van der Waals surface area (Å²) in [4.78, 5) is 11.9. The maximum Gasteiger partial charge on any atom is 0.335 e. The zero-order chi connectivity index (χ0) is 13.5. The van der Waals surface area contributed by atoms with Gasteiger partial charge in [-0.2, -0.15) is 0 Å². The predicted molar refractivity (Wildman–Crippen MR) is 71.9 cm³/mol. The normalized spacial score (nSPS) is 9.72. The summed E-state index contributed by atoms with van der Waals surface area (Å²) in [5.41, 5.74) is 0. The topological polar surface area (TPSA) is 44.8 Å². The Balaban J connectivity index is 3.19. The molecule has 0 aliphatic heterocycles. The van der Waals surface area contributed by atoms with E-state index in [-0.39, 0.29) is 0 Å². The van der Waals surface area contributed by atoms with Crippen LogP contribution in [-0.4, -0.2) is 19.2 Å². The third kappa shape index (κ3) is 3.43. The molecule has 5 heteroatoms. The summed E-state index contributed by atoms with van der Waals surface area (Å²) in [7, 11) is 0. The summed E-state index contributed by atoms with van der Waals surface area (Å²) >= 11 is 4.29. The maximum atomic E-state index is 11.2. The van der Waals surface area contributed by atoms with Crippen LogP contribution in [-0.2, 0) is 4.79 Å². The van der Waals surface area contributed by atoms with E-state index in [0.717, 1.165) is 6.08 Å². The van der Waals surface area contributed by atoms with Gasteiger partial charge in [-0.05, 0) is 26.0 Å². The molecule has 0 heterocycles. The highest BCUT2D eigenvalue weighted by Crippen LogP contribution is 2.42. The van der Waals surface area contributed by atoms with Crippen LogP contribution < -0.4 is 14.2 Å². The van der Waals surface area contributed by atoms with Gasteiger partial charge in [0.2, 0.25) is 5.75 Å². The van der Waals surface area contributed by atoms with E-state index in [9.17, 15) is 4.79 Å². The molecule has 4 nitrogen and oxygen atoms in total. The van der Waals surface area contributed by atoms with Gasteiger partial charge in [0.1, 0.15) is 0 Å². The Labute approximate surface area is 112 Å². The van der Waals surface area contributed by atoms with Crippen molar-refractivity contribution in [1.29, 1.82) is 0 Å². The van der Waals surface area contributed by atoms with Gasteiger partial charge >= 0.3 is 5.97 Å². The average molecular weight is 268 g/mol. The third-order valence-electron chi connectivity index (χ3n) is 2.01. The molecule has 1 aromatic rings. The Morgan fingerprint density at radius 1 is 1.28 bits per heavy atom. The monoisotopic (exact) mass is 268 g/mol. The third-order valence-corrected chi connectivity index (χ3v) is 2.36. The molecule has 0 amide bonds. The van der Waals surface area contributed by atoms with Crippen LogP contribution >= 0.6 is 12.6 Å². The van der Waals surface area contributed by atoms with Crippen LogP contribution in [0.2, 0.25) is 0 Å². The first-order valence-corrected chi connectivity index (χ1v) is 6.04. The van der Waals surface area contributed by atoms with E-state index in [1.807, 2.05) is 13.8 Å². The van der Waals surface area contributed by atoms with Crippen LogP contribution in [0.25, 0.3) is 0 Å². The number of carbonyl (C=O) groups excluding carboxylic acids is 1. The van der Waals surface area contributed by atoms with Gasteiger partial charge in [-0.3, -0.25) is 0 Å². The molecule has 0 radical (unpaired) electrons. The lowest BCUT2D eigenvalue weighted by Gasteiger charge is -2.15. The number of hydrogen-bond donors (Lipinski definition) is 1. The lowest BCUT2D eigenvalue weighted by atomic mass is 10.3. The van der Waals surface area contributed by atoms with E-state index in [4.69, 9.17) is 14.2 Å². The fourth-order valence-corrected chi connectivity index (χ4v) is 1.57. The first-order valence-electron chi connectivity index (χ1n) is 5.59. The van der Waals surface area contributed by atoms with Crippen molar-refractivity contribution in [3.05, 3.63) is 24.8 Å².